The highest BCUT2D eigenvalue weighted by Crippen LogP contribution is 2.41. The number of aromatic hydroxyl groups is 1. The third-order valence-corrected chi connectivity index (χ3v) is 7.32. The van der Waals surface area contributed by atoms with Crippen molar-refractivity contribution >= 4 is 27.7 Å². The van der Waals surface area contributed by atoms with E-state index in [1.165, 1.54) is 11.8 Å². The van der Waals surface area contributed by atoms with E-state index in [9.17, 15) is 9.90 Å². The first-order valence-electron chi connectivity index (χ1n) is 10.4. The Morgan fingerprint density at radius 3 is 2.43 bits per heavy atom. The minimum Gasteiger partial charge on any atom is -0.493 e. The Morgan fingerprint density at radius 1 is 1.13 bits per heavy atom. The number of rotatable bonds is 6. The van der Waals surface area contributed by atoms with Gasteiger partial charge in [0.25, 0.3) is 5.56 Å². The van der Waals surface area contributed by atoms with Crippen molar-refractivity contribution in [2.24, 2.45) is 0 Å². The zero-order chi connectivity index (χ0) is 21.1. The Labute approximate surface area is 189 Å². The van der Waals surface area contributed by atoms with Crippen molar-refractivity contribution in [1.82, 2.24) is 9.55 Å². The van der Waals surface area contributed by atoms with Crippen LogP contribution in [-0.4, -0.2) is 14.7 Å². The number of halogens is 1. The molecule has 1 atom stereocenters. The van der Waals surface area contributed by atoms with Crippen LogP contribution in [-0.2, 0) is 0 Å². The van der Waals surface area contributed by atoms with Crippen molar-refractivity contribution < 1.29 is 5.11 Å². The molecule has 1 aliphatic rings. The maximum atomic E-state index is 13.0. The van der Waals surface area contributed by atoms with Gasteiger partial charge in [-0.25, -0.2) is 0 Å². The fourth-order valence-electron chi connectivity index (χ4n) is 4.25. The Balaban J connectivity index is 1.86. The molecule has 0 saturated heterocycles. The van der Waals surface area contributed by atoms with Crippen molar-refractivity contribution in [2.75, 3.05) is 0 Å². The molecule has 1 N–H and O–H groups in total. The van der Waals surface area contributed by atoms with Gasteiger partial charge in [0.15, 0.2) is 0 Å². The number of hydrogen-bond acceptors (Lipinski definition) is 4. The second-order valence-electron chi connectivity index (χ2n) is 7.67. The van der Waals surface area contributed by atoms with Crippen LogP contribution in [0.3, 0.4) is 0 Å². The van der Waals surface area contributed by atoms with Gasteiger partial charge in [-0.15, -0.1) is 0 Å². The molecule has 4 nitrogen and oxygen atoms in total. The molecule has 0 bridgehead atoms. The van der Waals surface area contributed by atoms with Crippen LogP contribution in [0.5, 0.6) is 5.88 Å². The fourth-order valence-corrected chi connectivity index (χ4v) is 5.35. The first-order valence-corrected chi connectivity index (χ1v) is 12.0. The molecule has 0 amide bonds. The average molecular weight is 485 g/mol. The summed E-state index contributed by atoms with van der Waals surface area (Å²) in [7, 11) is 0. The Bertz CT molecular complexity index is 1060. The SMILES string of the molecule is CCC(c1ccccc1)n1c(C2CCCC2)nc(=O)c(Sc2ccc(Br)cc2)c1O. The summed E-state index contributed by atoms with van der Waals surface area (Å²) < 4.78 is 2.90. The maximum Gasteiger partial charge on any atom is 0.290 e. The molecule has 2 aromatic carbocycles. The molecule has 0 radical (unpaired) electrons. The van der Waals surface area contributed by atoms with E-state index in [2.05, 4.69) is 40.0 Å². The van der Waals surface area contributed by atoms with E-state index in [4.69, 9.17) is 0 Å². The Morgan fingerprint density at radius 2 is 1.80 bits per heavy atom. The van der Waals surface area contributed by atoms with E-state index in [1.54, 1.807) is 0 Å². The first kappa shape index (κ1) is 21.2. The van der Waals surface area contributed by atoms with Gasteiger partial charge < -0.3 is 5.11 Å². The predicted molar refractivity (Wildman–Crippen MR) is 125 cm³/mol. The molecule has 6 heteroatoms. The van der Waals surface area contributed by atoms with Crippen molar-refractivity contribution in [3.63, 3.8) is 0 Å². The molecule has 30 heavy (non-hydrogen) atoms. The molecule has 1 saturated carbocycles. The summed E-state index contributed by atoms with van der Waals surface area (Å²) in [6.07, 6.45) is 5.09. The molecule has 1 heterocycles. The highest BCUT2D eigenvalue weighted by atomic mass is 79.9. The zero-order valence-corrected chi connectivity index (χ0v) is 19.3. The van der Waals surface area contributed by atoms with Crippen LogP contribution in [0.4, 0.5) is 0 Å². The monoisotopic (exact) mass is 484 g/mol. The molecule has 0 aliphatic heterocycles. The largest absolute Gasteiger partial charge is 0.493 e. The highest BCUT2D eigenvalue weighted by molar-refractivity contribution is 9.10. The van der Waals surface area contributed by atoms with E-state index in [0.29, 0.717) is 0 Å². The van der Waals surface area contributed by atoms with Gasteiger partial charge in [-0.1, -0.05) is 77.8 Å². The summed E-state index contributed by atoms with van der Waals surface area (Å²) in [6, 6.07) is 17.8. The molecule has 4 rings (SSSR count). The topological polar surface area (TPSA) is 55.1 Å². The van der Waals surface area contributed by atoms with E-state index in [0.717, 1.165) is 52.9 Å². The lowest BCUT2D eigenvalue weighted by atomic mass is 10.0. The summed E-state index contributed by atoms with van der Waals surface area (Å²) in [6.45, 7) is 2.11. The van der Waals surface area contributed by atoms with Crippen LogP contribution in [0, 0.1) is 0 Å². The average Bonchev–Trinajstić information content (AvgIpc) is 3.30. The van der Waals surface area contributed by atoms with Gasteiger partial charge in [-0.05, 0) is 49.1 Å². The summed E-state index contributed by atoms with van der Waals surface area (Å²) in [5.41, 5.74) is 0.765. The van der Waals surface area contributed by atoms with Crippen LogP contribution in [0.1, 0.15) is 62.4 Å². The van der Waals surface area contributed by atoms with E-state index in [-0.39, 0.29) is 28.3 Å². The minimum atomic E-state index is -0.346. The zero-order valence-electron chi connectivity index (χ0n) is 16.9. The molecule has 0 spiro atoms. The maximum absolute atomic E-state index is 13.0. The van der Waals surface area contributed by atoms with Crippen molar-refractivity contribution in [1.29, 1.82) is 0 Å². The standard InChI is InChI=1S/C24H25BrN2O2S/c1-2-20(16-8-4-3-5-9-16)27-22(17-10-6-7-11-17)26-23(28)21(24(27)29)30-19-14-12-18(25)13-15-19/h3-5,8-9,12-15,17,20,29H,2,6-7,10-11H2,1H3. The summed E-state index contributed by atoms with van der Waals surface area (Å²) in [5, 5.41) is 11.4. The Hall–Kier alpha value is -2.05. The van der Waals surface area contributed by atoms with Gasteiger partial charge in [0.05, 0.1) is 6.04 Å². The van der Waals surface area contributed by atoms with Crippen LogP contribution >= 0.6 is 27.7 Å². The van der Waals surface area contributed by atoms with E-state index in [1.807, 2.05) is 47.0 Å². The number of aromatic nitrogens is 2. The third-order valence-electron chi connectivity index (χ3n) is 5.73. The van der Waals surface area contributed by atoms with Crippen LogP contribution in [0.25, 0.3) is 0 Å². The van der Waals surface area contributed by atoms with Crippen molar-refractivity contribution in [2.45, 2.75) is 60.8 Å². The third kappa shape index (κ3) is 4.35. The quantitative estimate of drug-likeness (QED) is 0.432. The van der Waals surface area contributed by atoms with Gasteiger partial charge in [0, 0.05) is 15.3 Å². The Kier molecular flexibility index (Phi) is 6.64. The summed E-state index contributed by atoms with van der Waals surface area (Å²) >= 11 is 4.71. The van der Waals surface area contributed by atoms with E-state index >= 15 is 0 Å². The molecule has 1 fully saturated rings. The number of benzene rings is 2. The number of hydrogen-bond donors (Lipinski definition) is 1. The van der Waals surface area contributed by atoms with Gasteiger partial charge in [-0.3, -0.25) is 9.36 Å². The first-order chi connectivity index (χ1) is 14.6. The minimum absolute atomic E-state index is 0.0283. The predicted octanol–water partition coefficient (Wildman–Crippen LogP) is 6.52. The highest BCUT2D eigenvalue weighted by Gasteiger charge is 2.29. The smallest absolute Gasteiger partial charge is 0.290 e. The van der Waals surface area contributed by atoms with Crippen LogP contribution in [0.2, 0.25) is 0 Å². The molecular formula is C24H25BrN2O2S. The van der Waals surface area contributed by atoms with Crippen molar-refractivity contribution in [3.8, 4) is 5.88 Å². The summed E-state index contributed by atoms with van der Waals surface area (Å²) in [4.78, 5) is 18.7. The lowest BCUT2D eigenvalue weighted by molar-refractivity contribution is 0.354. The van der Waals surface area contributed by atoms with Crippen LogP contribution < -0.4 is 5.56 Å². The fraction of sp³-hybridized carbons (Fsp3) is 0.333. The van der Waals surface area contributed by atoms with Gasteiger partial charge >= 0.3 is 0 Å². The lowest BCUT2D eigenvalue weighted by Gasteiger charge is -2.27. The summed E-state index contributed by atoms with van der Waals surface area (Å²) in [5.74, 6) is 0.972. The van der Waals surface area contributed by atoms with Gasteiger partial charge in [0.2, 0.25) is 5.88 Å². The second kappa shape index (κ2) is 9.40. The van der Waals surface area contributed by atoms with Crippen LogP contribution in [0.15, 0.2) is 73.7 Å². The molecule has 3 aromatic rings. The molecular weight excluding hydrogens is 460 g/mol. The van der Waals surface area contributed by atoms with E-state index < -0.39 is 0 Å². The number of nitrogens with zero attached hydrogens (tertiary/aromatic N) is 2. The normalized spacial score (nSPS) is 15.4. The second-order valence-corrected chi connectivity index (χ2v) is 9.67. The molecule has 1 aliphatic carbocycles. The molecule has 156 valence electrons. The van der Waals surface area contributed by atoms with Gasteiger partial charge in [0.1, 0.15) is 10.7 Å². The van der Waals surface area contributed by atoms with Crippen molar-refractivity contribution in [3.05, 3.63) is 80.8 Å². The molecule has 1 aromatic heterocycles. The lowest BCUT2D eigenvalue weighted by Crippen LogP contribution is -2.25. The van der Waals surface area contributed by atoms with Gasteiger partial charge in [-0.2, -0.15) is 4.98 Å². The molecule has 1 unspecified atom stereocenters.